The summed E-state index contributed by atoms with van der Waals surface area (Å²) in [6.07, 6.45) is 0. The van der Waals surface area contributed by atoms with Crippen molar-refractivity contribution in [3.63, 3.8) is 0 Å². The minimum atomic E-state index is -0.0413. The largest absolute Gasteiger partial charge is 0.374 e. The highest BCUT2D eigenvalue weighted by molar-refractivity contribution is 7.16. The first kappa shape index (κ1) is 10.4. The fourth-order valence-corrected chi connectivity index (χ4v) is 2.33. The van der Waals surface area contributed by atoms with Crippen LogP contribution in [-0.4, -0.2) is 34.1 Å². The van der Waals surface area contributed by atoms with E-state index in [4.69, 9.17) is 5.73 Å². The zero-order valence-electron chi connectivity index (χ0n) is 8.80. The van der Waals surface area contributed by atoms with Crippen LogP contribution in [0.5, 0.6) is 0 Å². The summed E-state index contributed by atoms with van der Waals surface area (Å²) in [5.41, 5.74) is 5.44. The van der Waals surface area contributed by atoms with Crippen molar-refractivity contribution in [1.82, 2.24) is 15.1 Å². The number of anilines is 1. The van der Waals surface area contributed by atoms with Gasteiger partial charge in [-0.1, -0.05) is 25.2 Å². The number of nitrogens with zero attached hydrogens (tertiary/aromatic N) is 3. The number of likely N-dealkylation sites (tertiary alicyclic amines) is 1. The van der Waals surface area contributed by atoms with E-state index in [1.54, 1.807) is 0 Å². The van der Waals surface area contributed by atoms with E-state index in [-0.39, 0.29) is 5.91 Å². The summed E-state index contributed by atoms with van der Waals surface area (Å²) in [6, 6.07) is 0. The molecule has 1 aliphatic heterocycles. The zero-order chi connectivity index (χ0) is 11.0. The van der Waals surface area contributed by atoms with Gasteiger partial charge in [0.15, 0.2) is 0 Å². The van der Waals surface area contributed by atoms with Gasteiger partial charge in [-0.3, -0.25) is 4.79 Å². The van der Waals surface area contributed by atoms with Crippen LogP contribution >= 0.6 is 11.3 Å². The highest BCUT2D eigenvalue weighted by Crippen LogP contribution is 2.24. The Morgan fingerprint density at radius 3 is 2.47 bits per heavy atom. The van der Waals surface area contributed by atoms with E-state index in [0.717, 1.165) is 24.4 Å². The van der Waals surface area contributed by atoms with Gasteiger partial charge in [0.05, 0.1) is 0 Å². The summed E-state index contributed by atoms with van der Waals surface area (Å²) in [4.78, 5) is 13.8. The predicted molar refractivity (Wildman–Crippen MR) is 58.6 cm³/mol. The normalized spacial score (nSPS) is 25.9. The Balaban J connectivity index is 2.10. The van der Waals surface area contributed by atoms with Gasteiger partial charge in [0.25, 0.3) is 5.91 Å². The summed E-state index contributed by atoms with van der Waals surface area (Å²) >= 11 is 1.15. The molecule has 1 fully saturated rings. The van der Waals surface area contributed by atoms with Crippen LogP contribution in [0.3, 0.4) is 0 Å². The number of carbonyl (C=O) groups is 1. The third kappa shape index (κ3) is 1.94. The van der Waals surface area contributed by atoms with E-state index in [2.05, 4.69) is 24.0 Å². The number of nitrogens with two attached hydrogens (primary N) is 1. The number of hydrogen-bond donors (Lipinski definition) is 1. The van der Waals surface area contributed by atoms with Crippen LogP contribution in [0.15, 0.2) is 0 Å². The van der Waals surface area contributed by atoms with Crippen molar-refractivity contribution in [1.29, 1.82) is 0 Å². The topological polar surface area (TPSA) is 72.1 Å². The SMILES string of the molecule is CC1CN(C(=O)c2nnc(N)s2)CC1C. The number of rotatable bonds is 1. The van der Waals surface area contributed by atoms with Crippen LogP contribution in [-0.2, 0) is 0 Å². The Hall–Kier alpha value is -1.17. The van der Waals surface area contributed by atoms with E-state index in [9.17, 15) is 4.79 Å². The van der Waals surface area contributed by atoms with E-state index in [1.807, 2.05) is 4.90 Å². The maximum absolute atomic E-state index is 11.9. The molecule has 1 aromatic heterocycles. The molecule has 0 saturated carbocycles. The first-order valence-electron chi connectivity index (χ1n) is 4.96. The Morgan fingerprint density at radius 1 is 1.40 bits per heavy atom. The maximum Gasteiger partial charge on any atom is 0.284 e. The van der Waals surface area contributed by atoms with Crippen molar-refractivity contribution in [2.75, 3.05) is 18.8 Å². The molecule has 2 N–H and O–H groups in total. The molecule has 2 atom stereocenters. The molecule has 1 amide bonds. The Bertz CT molecular complexity index is 368. The van der Waals surface area contributed by atoms with Crippen molar-refractivity contribution in [3.8, 4) is 0 Å². The molecule has 1 aliphatic rings. The highest BCUT2D eigenvalue weighted by Gasteiger charge is 2.31. The molecule has 82 valence electrons. The second kappa shape index (κ2) is 3.77. The zero-order valence-corrected chi connectivity index (χ0v) is 9.62. The standard InChI is InChI=1S/C9H14N4OS/c1-5-3-13(4-6(5)2)8(14)7-11-12-9(10)15-7/h5-6H,3-4H2,1-2H3,(H2,10,12). The molecule has 2 rings (SSSR count). The minimum absolute atomic E-state index is 0.0413. The van der Waals surface area contributed by atoms with Crippen LogP contribution in [0, 0.1) is 11.8 Å². The molecule has 5 nitrogen and oxygen atoms in total. The molecule has 15 heavy (non-hydrogen) atoms. The third-order valence-electron chi connectivity index (χ3n) is 2.90. The average molecular weight is 226 g/mol. The molecule has 0 bridgehead atoms. The lowest BCUT2D eigenvalue weighted by Crippen LogP contribution is -2.28. The number of hydrogen-bond acceptors (Lipinski definition) is 5. The minimum Gasteiger partial charge on any atom is -0.374 e. The lowest BCUT2D eigenvalue weighted by atomic mass is 10.0. The van der Waals surface area contributed by atoms with Gasteiger partial charge in [-0.25, -0.2) is 0 Å². The molecule has 2 heterocycles. The number of carbonyl (C=O) groups excluding carboxylic acids is 1. The number of amides is 1. The van der Waals surface area contributed by atoms with Gasteiger partial charge in [0.2, 0.25) is 10.1 Å². The third-order valence-corrected chi connectivity index (χ3v) is 3.64. The lowest BCUT2D eigenvalue weighted by molar-refractivity contribution is 0.0784. The molecule has 0 spiro atoms. The number of nitrogen functional groups attached to an aromatic ring is 1. The monoisotopic (exact) mass is 226 g/mol. The fourth-order valence-electron chi connectivity index (χ4n) is 1.75. The van der Waals surface area contributed by atoms with Crippen LogP contribution in [0.4, 0.5) is 5.13 Å². The molecule has 2 unspecified atom stereocenters. The molecule has 0 aromatic carbocycles. The molecule has 1 saturated heterocycles. The van der Waals surface area contributed by atoms with Gasteiger partial charge in [-0.05, 0) is 11.8 Å². The van der Waals surface area contributed by atoms with Gasteiger partial charge < -0.3 is 10.6 Å². The van der Waals surface area contributed by atoms with Crippen LogP contribution < -0.4 is 5.73 Å². The molecular weight excluding hydrogens is 212 g/mol. The van der Waals surface area contributed by atoms with E-state index >= 15 is 0 Å². The summed E-state index contributed by atoms with van der Waals surface area (Å²) in [5, 5.41) is 8.15. The van der Waals surface area contributed by atoms with Crippen molar-refractivity contribution >= 4 is 22.4 Å². The fraction of sp³-hybridized carbons (Fsp3) is 0.667. The Labute approximate surface area is 92.3 Å². The van der Waals surface area contributed by atoms with Crippen LogP contribution in [0.25, 0.3) is 0 Å². The van der Waals surface area contributed by atoms with Gasteiger partial charge >= 0.3 is 0 Å². The van der Waals surface area contributed by atoms with E-state index in [1.165, 1.54) is 0 Å². The average Bonchev–Trinajstić information content (AvgIpc) is 2.74. The van der Waals surface area contributed by atoms with Crippen molar-refractivity contribution < 1.29 is 4.79 Å². The van der Waals surface area contributed by atoms with Gasteiger partial charge in [-0.15, -0.1) is 10.2 Å². The second-order valence-electron chi connectivity index (χ2n) is 4.11. The smallest absolute Gasteiger partial charge is 0.284 e. The summed E-state index contributed by atoms with van der Waals surface area (Å²) in [5.74, 6) is 1.07. The van der Waals surface area contributed by atoms with Gasteiger partial charge in [-0.2, -0.15) is 0 Å². The van der Waals surface area contributed by atoms with Gasteiger partial charge in [0.1, 0.15) is 0 Å². The highest BCUT2D eigenvalue weighted by atomic mass is 32.1. The summed E-state index contributed by atoms with van der Waals surface area (Å²) < 4.78 is 0. The number of aromatic nitrogens is 2. The van der Waals surface area contributed by atoms with Crippen molar-refractivity contribution in [3.05, 3.63) is 5.01 Å². The summed E-state index contributed by atoms with van der Waals surface area (Å²) in [7, 11) is 0. The van der Waals surface area contributed by atoms with Crippen LogP contribution in [0.2, 0.25) is 0 Å². The predicted octanol–water partition coefficient (Wildman–Crippen LogP) is 0.848. The molecule has 6 heteroatoms. The quantitative estimate of drug-likeness (QED) is 0.770. The van der Waals surface area contributed by atoms with E-state index < -0.39 is 0 Å². The summed E-state index contributed by atoms with van der Waals surface area (Å²) in [6.45, 7) is 5.93. The van der Waals surface area contributed by atoms with Crippen molar-refractivity contribution in [2.24, 2.45) is 11.8 Å². The lowest BCUT2D eigenvalue weighted by Gasteiger charge is -2.13. The second-order valence-corrected chi connectivity index (χ2v) is 5.12. The van der Waals surface area contributed by atoms with Gasteiger partial charge in [0, 0.05) is 13.1 Å². The first-order chi connectivity index (χ1) is 7.08. The van der Waals surface area contributed by atoms with Crippen molar-refractivity contribution in [2.45, 2.75) is 13.8 Å². The molecular formula is C9H14N4OS. The Kier molecular flexibility index (Phi) is 2.60. The Morgan fingerprint density at radius 2 is 2.00 bits per heavy atom. The molecule has 0 aliphatic carbocycles. The maximum atomic E-state index is 11.9. The molecule has 1 aromatic rings. The van der Waals surface area contributed by atoms with Crippen LogP contribution in [0.1, 0.15) is 23.6 Å². The van der Waals surface area contributed by atoms with E-state index in [0.29, 0.717) is 22.0 Å². The molecule has 0 radical (unpaired) electrons. The first-order valence-corrected chi connectivity index (χ1v) is 5.78.